The van der Waals surface area contributed by atoms with Gasteiger partial charge in [-0.15, -0.1) is 0 Å². The van der Waals surface area contributed by atoms with Crippen LogP contribution in [0.15, 0.2) is 47.4 Å². The average Bonchev–Trinajstić information content (AvgIpc) is 2.72. The summed E-state index contributed by atoms with van der Waals surface area (Å²) in [5, 5.41) is 0. The quantitative estimate of drug-likeness (QED) is 0.654. The fourth-order valence-electron chi connectivity index (χ4n) is 4.03. The van der Waals surface area contributed by atoms with Crippen molar-refractivity contribution in [3.05, 3.63) is 64.7 Å². The number of piperidine rings is 1. The molecule has 5 nitrogen and oxygen atoms in total. The Labute approximate surface area is 186 Å². The lowest BCUT2D eigenvalue weighted by Crippen LogP contribution is -2.43. The summed E-state index contributed by atoms with van der Waals surface area (Å²) in [4.78, 5) is 14.6. The zero-order valence-corrected chi connectivity index (χ0v) is 19.1. The van der Waals surface area contributed by atoms with Crippen molar-refractivity contribution in [2.75, 3.05) is 20.1 Å². The van der Waals surface area contributed by atoms with Crippen molar-refractivity contribution in [2.45, 2.75) is 44.3 Å². The number of halogens is 3. The van der Waals surface area contributed by atoms with E-state index in [-0.39, 0.29) is 36.4 Å². The Morgan fingerprint density at radius 1 is 1.06 bits per heavy atom. The van der Waals surface area contributed by atoms with E-state index in [4.69, 9.17) is 0 Å². The van der Waals surface area contributed by atoms with E-state index in [9.17, 15) is 26.4 Å². The molecule has 0 aromatic heterocycles. The van der Waals surface area contributed by atoms with Gasteiger partial charge in [0.2, 0.25) is 15.9 Å². The van der Waals surface area contributed by atoms with E-state index in [0.29, 0.717) is 24.0 Å². The molecule has 32 heavy (non-hydrogen) atoms. The van der Waals surface area contributed by atoms with Gasteiger partial charge < -0.3 is 4.90 Å². The predicted octanol–water partition coefficient (Wildman–Crippen LogP) is 4.38. The first-order valence-corrected chi connectivity index (χ1v) is 11.8. The standard InChI is InChI=1S/C23H27F3N2O3S/c1-16-4-9-21(17(2)14-16)32(30,31)28-12-10-19(11-13-28)22(29)27(3)15-18-5-7-20(8-6-18)23(24,25)26/h4-9,14,19H,10-13,15H2,1-3H3. The van der Waals surface area contributed by atoms with Gasteiger partial charge in [-0.1, -0.05) is 29.8 Å². The number of hydrogen-bond acceptors (Lipinski definition) is 3. The number of carbonyl (C=O) groups is 1. The molecule has 0 unspecified atom stereocenters. The molecule has 0 radical (unpaired) electrons. The van der Waals surface area contributed by atoms with Gasteiger partial charge in [-0.25, -0.2) is 8.42 Å². The van der Waals surface area contributed by atoms with Gasteiger partial charge >= 0.3 is 6.18 Å². The van der Waals surface area contributed by atoms with Crippen LogP contribution in [0.2, 0.25) is 0 Å². The first-order valence-electron chi connectivity index (χ1n) is 10.4. The topological polar surface area (TPSA) is 57.7 Å². The third-order valence-electron chi connectivity index (χ3n) is 5.83. The Morgan fingerprint density at radius 2 is 1.66 bits per heavy atom. The van der Waals surface area contributed by atoms with E-state index in [1.54, 1.807) is 26.1 Å². The highest BCUT2D eigenvalue weighted by Gasteiger charge is 2.34. The number of sulfonamides is 1. The SMILES string of the molecule is Cc1ccc(S(=O)(=O)N2CCC(C(=O)N(C)Cc3ccc(C(F)(F)F)cc3)CC2)c(C)c1. The van der Waals surface area contributed by atoms with Crippen LogP contribution in [-0.4, -0.2) is 43.7 Å². The number of rotatable bonds is 5. The Hall–Kier alpha value is -2.39. The van der Waals surface area contributed by atoms with Gasteiger partial charge in [0, 0.05) is 32.6 Å². The molecule has 1 amide bonds. The maximum absolute atomic E-state index is 13.0. The molecule has 1 aliphatic heterocycles. The maximum Gasteiger partial charge on any atom is 0.416 e. The average molecular weight is 469 g/mol. The van der Waals surface area contributed by atoms with Crippen molar-refractivity contribution in [2.24, 2.45) is 5.92 Å². The van der Waals surface area contributed by atoms with E-state index >= 15 is 0 Å². The summed E-state index contributed by atoms with van der Waals surface area (Å²) in [6.45, 7) is 4.37. The molecule has 1 fully saturated rings. The second-order valence-corrected chi connectivity index (χ2v) is 10.2. The molecular formula is C23H27F3N2O3S. The van der Waals surface area contributed by atoms with Gasteiger partial charge in [0.05, 0.1) is 10.5 Å². The van der Waals surface area contributed by atoms with Gasteiger partial charge in [0.25, 0.3) is 0 Å². The van der Waals surface area contributed by atoms with E-state index in [1.807, 2.05) is 13.0 Å². The molecule has 3 rings (SSSR count). The van der Waals surface area contributed by atoms with Gasteiger partial charge in [-0.2, -0.15) is 17.5 Å². The minimum atomic E-state index is -4.40. The molecule has 2 aromatic rings. The lowest BCUT2D eigenvalue weighted by atomic mass is 9.96. The highest BCUT2D eigenvalue weighted by molar-refractivity contribution is 7.89. The summed E-state index contributed by atoms with van der Waals surface area (Å²) in [5.41, 5.74) is 1.55. The lowest BCUT2D eigenvalue weighted by molar-refractivity contribution is -0.138. The molecule has 0 spiro atoms. The van der Waals surface area contributed by atoms with E-state index in [0.717, 1.165) is 17.7 Å². The van der Waals surface area contributed by atoms with Gasteiger partial charge in [-0.3, -0.25) is 4.79 Å². The van der Waals surface area contributed by atoms with Crippen LogP contribution in [0.3, 0.4) is 0 Å². The molecule has 0 atom stereocenters. The van der Waals surface area contributed by atoms with Crippen LogP contribution in [-0.2, 0) is 27.5 Å². The Kier molecular flexibility index (Phi) is 7.00. The molecule has 174 valence electrons. The van der Waals surface area contributed by atoms with Gasteiger partial charge in [-0.05, 0) is 56.0 Å². The van der Waals surface area contributed by atoms with Crippen LogP contribution in [0.25, 0.3) is 0 Å². The molecule has 0 aliphatic carbocycles. The first-order chi connectivity index (χ1) is 14.9. The lowest BCUT2D eigenvalue weighted by Gasteiger charge is -2.33. The smallest absolute Gasteiger partial charge is 0.341 e. The van der Waals surface area contributed by atoms with Crippen molar-refractivity contribution in [3.63, 3.8) is 0 Å². The normalized spacial score (nSPS) is 16.2. The van der Waals surface area contributed by atoms with Crippen molar-refractivity contribution in [1.29, 1.82) is 0 Å². The van der Waals surface area contributed by atoms with Crippen LogP contribution < -0.4 is 0 Å². The summed E-state index contributed by atoms with van der Waals surface area (Å²) >= 11 is 0. The fraction of sp³-hybridized carbons (Fsp3) is 0.435. The van der Waals surface area contributed by atoms with E-state index < -0.39 is 21.8 Å². The Balaban J connectivity index is 1.60. The number of nitrogens with zero attached hydrogens (tertiary/aromatic N) is 2. The van der Waals surface area contributed by atoms with Crippen molar-refractivity contribution < 1.29 is 26.4 Å². The van der Waals surface area contributed by atoms with Crippen molar-refractivity contribution >= 4 is 15.9 Å². The van der Waals surface area contributed by atoms with Crippen molar-refractivity contribution in [3.8, 4) is 0 Å². The van der Waals surface area contributed by atoms with Gasteiger partial charge in [0.15, 0.2) is 0 Å². The molecule has 2 aromatic carbocycles. The summed E-state index contributed by atoms with van der Waals surface area (Å²) < 4.78 is 65.6. The maximum atomic E-state index is 13.0. The van der Waals surface area contributed by atoms with Crippen molar-refractivity contribution in [1.82, 2.24) is 9.21 Å². The van der Waals surface area contributed by atoms with Crippen LogP contribution in [0, 0.1) is 19.8 Å². The molecule has 1 heterocycles. The first kappa shape index (κ1) is 24.3. The van der Waals surface area contributed by atoms with Crippen LogP contribution in [0.4, 0.5) is 13.2 Å². The molecule has 0 N–H and O–H groups in total. The highest BCUT2D eigenvalue weighted by atomic mass is 32.2. The number of carbonyl (C=O) groups excluding carboxylic acids is 1. The largest absolute Gasteiger partial charge is 0.416 e. The third-order valence-corrected chi connectivity index (χ3v) is 7.89. The summed E-state index contributed by atoms with van der Waals surface area (Å²) in [5.74, 6) is -0.450. The van der Waals surface area contributed by atoms with E-state index in [1.165, 1.54) is 21.3 Å². The second-order valence-electron chi connectivity index (χ2n) is 8.34. The minimum absolute atomic E-state index is 0.131. The Morgan fingerprint density at radius 3 is 2.19 bits per heavy atom. The fourth-order valence-corrected chi connectivity index (χ4v) is 5.71. The highest BCUT2D eigenvalue weighted by Crippen LogP contribution is 2.30. The number of aryl methyl sites for hydroxylation is 2. The monoisotopic (exact) mass is 468 g/mol. The summed E-state index contributed by atoms with van der Waals surface area (Å²) in [6, 6.07) is 9.96. The molecular weight excluding hydrogens is 441 g/mol. The molecule has 1 saturated heterocycles. The summed E-state index contributed by atoms with van der Waals surface area (Å²) in [6.07, 6.45) is -3.59. The second kappa shape index (κ2) is 9.23. The zero-order valence-electron chi connectivity index (χ0n) is 18.3. The third kappa shape index (κ3) is 5.32. The van der Waals surface area contributed by atoms with Crippen LogP contribution in [0.5, 0.6) is 0 Å². The van der Waals surface area contributed by atoms with E-state index in [2.05, 4.69) is 0 Å². The number of hydrogen-bond donors (Lipinski definition) is 0. The Bertz CT molecular complexity index is 1070. The van der Waals surface area contributed by atoms with Crippen LogP contribution in [0.1, 0.15) is 35.1 Å². The van der Waals surface area contributed by atoms with Crippen LogP contribution >= 0.6 is 0 Å². The molecule has 9 heteroatoms. The summed E-state index contributed by atoms with van der Waals surface area (Å²) in [7, 11) is -2.02. The predicted molar refractivity (Wildman–Crippen MR) is 115 cm³/mol. The number of alkyl halides is 3. The molecule has 0 saturated carbocycles. The molecule has 1 aliphatic rings. The zero-order chi connectivity index (χ0) is 23.7. The molecule has 0 bridgehead atoms. The number of benzene rings is 2. The van der Waals surface area contributed by atoms with Gasteiger partial charge in [0.1, 0.15) is 0 Å². The minimum Gasteiger partial charge on any atom is -0.341 e. The number of amides is 1.